The molecule has 0 aliphatic heterocycles. The smallest absolute Gasteiger partial charge is 0.270 e. The molecule has 0 fully saturated rings. The molecule has 4 heterocycles. The maximum absolute atomic E-state index is 12.0. The van der Waals surface area contributed by atoms with Crippen LogP contribution in [0.2, 0.25) is 0 Å². The first kappa shape index (κ1) is 18.3. The zero-order valence-electron chi connectivity index (χ0n) is 15.4. The van der Waals surface area contributed by atoms with Gasteiger partial charge in [0.1, 0.15) is 16.6 Å². The lowest BCUT2D eigenvalue weighted by molar-refractivity contribution is 0.479. The molecule has 0 saturated carbocycles. The van der Waals surface area contributed by atoms with Gasteiger partial charge in [0.05, 0.1) is 5.39 Å². The summed E-state index contributed by atoms with van der Waals surface area (Å²) in [5, 5.41) is 22.3. The molecule has 0 aliphatic rings. The Kier molecular flexibility index (Phi) is 4.43. The summed E-state index contributed by atoms with van der Waals surface area (Å²) in [6.07, 6.45) is 3.57. The largest absolute Gasteiger partial charge is 0.506 e. The highest BCUT2D eigenvalue weighted by atomic mass is 32.1. The predicted molar refractivity (Wildman–Crippen MR) is 121 cm³/mol. The molecule has 0 bridgehead atoms. The highest BCUT2D eigenvalue weighted by Crippen LogP contribution is 2.47. The van der Waals surface area contributed by atoms with Gasteiger partial charge in [-0.2, -0.15) is 5.26 Å². The second kappa shape index (κ2) is 7.26. The van der Waals surface area contributed by atoms with Gasteiger partial charge in [0.15, 0.2) is 5.56 Å². The van der Waals surface area contributed by atoms with E-state index in [4.69, 9.17) is 0 Å². The second-order valence-corrected chi connectivity index (χ2v) is 8.54. The van der Waals surface area contributed by atoms with Gasteiger partial charge in [-0.15, -0.1) is 22.7 Å². The number of pyridine rings is 2. The molecule has 5 rings (SSSR count). The van der Waals surface area contributed by atoms with E-state index in [1.165, 1.54) is 11.3 Å². The zero-order chi connectivity index (χ0) is 20.7. The number of benzene rings is 1. The maximum Gasteiger partial charge on any atom is 0.270 e. The number of aromatic nitrogens is 2. The molecule has 5 nitrogen and oxygen atoms in total. The fourth-order valence-electron chi connectivity index (χ4n) is 3.43. The molecular weight excluding hydrogens is 414 g/mol. The molecule has 1 aromatic carbocycles. The summed E-state index contributed by atoms with van der Waals surface area (Å²) in [5.41, 5.74) is 3.06. The lowest BCUT2D eigenvalue weighted by Gasteiger charge is -2.03. The van der Waals surface area contributed by atoms with E-state index in [9.17, 15) is 15.2 Å². The van der Waals surface area contributed by atoms with E-state index < -0.39 is 5.56 Å². The van der Waals surface area contributed by atoms with Crippen molar-refractivity contribution in [1.29, 1.82) is 5.26 Å². The molecule has 0 aliphatic carbocycles. The Morgan fingerprint density at radius 1 is 1.07 bits per heavy atom. The number of hydrogen-bond donors (Lipinski definition) is 2. The molecule has 0 saturated heterocycles. The number of fused-ring (bicyclic) bond motifs is 1. The van der Waals surface area contributed by atoms with E-state index in [1.807, 2.05) is 41.9 Å². The van der Waals surface area contributed by atoms with Crippen molar-refractivity contribution in [2.24, 2.45) is 0 Å². The molecule has 0 spiro atoms. The molecule has 4 aromatic heterocycles. The van der Waals surface area contributed by atoms with Gasteiger partial charge in [0.25, 0.3) is 5.56 Å². The number of aromatic amines is 1. The fourth-order valence-corrected chi connectivity index (χ4v) is 5.67. The monoisotopic (exact) mass is 427 g/mol. The van der Waals surface area contributed by atoms with Crippen LogP contribution in [0.4, 0.5) is 0 Å². The minimum absolute atomic E-state index is 0.269. The summed E-state index contributed by atoms with van der Waals surface area (Å²) in [6, 6.07) is 17.9. The molecular formula is C23H13N3O2S2. The molecule has 0 amide bonds. The summed E-state index contributed by atoms with van der Waals surface area (Å²) in [5.74, 6) is -0.273. The van der Waals surface area contributed by atoms with Crippen LogP contribution in [0.5, 0.6) is 5.75 Å². The summed E-state index contributed by atoms with van der Waals surface area (Å²) >= 11 is 2.93. The highest BCUT2D eigenvalue weighted by molar-refractivity contribution is 7.21. The van der Waals surface area contributed by atoms with E-state index in [2.05, 4.69) is 28.2 Å². The van der Waals surface area contributed by atoms with Crippen LogP contribution < -0.4 is 5.56 Å². The van der Waals surface area contributed by atoms with Crippen LogP contribution in [-0.4, -0.2) is 15.1 Å². The van der Waals surface area contributed by atoms with Crippen molar-refractivity contribution in [3.05, 3.63) is 82.2 Å². The number of aromatic hydroxyl groups is 1. The van der Waals surface area contributed by atoms with Crippen molar-refractivity contribution in [3.63, 3.8) is 0 Å². The first-order valence-electron chi connectivity index (χ1n) is 9.04. The zero-order valence-corrected chi connectivity index (χ0v) is 17.1. The van der Waals surface area contributed by atoms with Crippen molar-refractivity contribution in [2.45, 2.75) is 0 Å². The fraction of sp³-hybridized carbons (Fsp3) is 0. The molecule has 2 N–H and O–H groups in total. The van der Waals surface area contributed by atoms with E-state index in [0.29, 0.717) is 10.2 Å². The van der Waals surface area contributed by atoms with Crippen molar-refractivity contribution in [2.75, 3.05) is 0 Å². The number of rotatable bonds is 3. The standard InChI is InChI=1S/C23H13N3O2S2/c24-10-16-20(27)19-17(12-29-23(19)26-22(16)28)18-9-15(14-7-4-8-25-11-14)21(30-18)13-5-2-1-3-6-13/h1-9,11-12H,(H2,26,27,28). The van der Waals surface area contributed by atoms with E-state index in [1.54, 1.807) is 23.6 Å². The molecule has 30 heavy (non-hydrogen) atoms. The summed E-state index contributed by atoms with van der Waals surface area (Å²) in [7, 11) is 0. The lowest BCUT2D eigenvalue weighted by Crippen LogP contribution is -2.09. The van der Waals surface area contributed by atoms with Crippen molar-refractivity contribution < 1.29 is 5.11 Å². The van der Waals surface area contributed by atoms with Crippen molar-refractivity contribution >= 4 is 32.9 Å². The number of H-pyrrole nitrogens is 1. The SMILES string of the molecule is N#Cc1c(O)c2c(-c3cc(-c4cccnc4)c(-c4ccccc4)s3)csc2[nH]c1=O. The Morgan fingerprint density at radius 2 is 1.87 bits per heavy atom. The summed E-state index contributed by atoms with van der Waals surface area (Å²) in [4.78, 5) is 21.5. The van der Waals surface area contributed by atoms with Crippen molar-refractivity contribution in [3.8, 4) is 43.8 Å². The molecule has 144 valence electrons. The first-order chi connectivity index (χ1) is 14.7. The molecule has 0 radical (unpaired) electrons. The number of hydrogen-bond acceptors (Lipinski definition) is 6. The maximum atomic E-state index is 12.0. The van der Waals surface area contributed by atoms with Crippen LogP contribution in [-0.2, 0) is 0 Å². The van der Waals surface area contributed by atoms with E-state index >= 15 is 0 Å². The van der Waals surface area contributed by atoms with Crippen LogP contribution in [0.3, 0.4) is 0 Å². The molecule has 0 unspecified atom stereocenters. The van der Waals surface area contributed by atoms with Crippen LogP contribution >= 0.6 is 22.7 Å². The Hall–Kier alpha value is -3.73. The van der Waals surface area contributed by atoms with Gasteiger partial charge in [-0.05, 0) is 17.7 Å². The van der Waals surface area contributed by atoms with E-state index in [-0.39, 0.29) is 11.3 Å². The minimum Gasteiger partial charge on any atom is -0.506 e. The Labute approximate surface area is 179 Å². The Bertz CT molecular complexity index is 1420. The van der Waals surface area contributed by atoms with Crippen LogP contribution in [0.1, 0.15) is 5.56 Å². The van der Waals surface area contributed by atoms with Gasteiger partial charge in [-0.25, -0.2) is 0 Å². The van der Waals surface area contributed by atoms with Gasteiger partial charge < -0.3 is 10.1 Å². The third-order valence-electron chi connectivity index (χ3n) is 4.84. The molecule has 5 aromatic rings. The molecule has 7 heteroatoms. The van der Waals surface area contributed by atoms with Gasteiger partial charge in [0, 0.05) is 44.2 Å². The van der Waals surface area contributed by atoms with Gasteiger partial charge in [0.2, 0.25) is 0 Å². The van der Waals surface area contributed by atoms with Crippen LogP contribution in [0.15, 0.2) is 71.1 Å². The second-order valence-electron chi connectivity index (χ2n) is 6.60. The Morgan fingerprint density at radius 3 is 2.60 bits per heavy atom. The van der Waals surface area contributed by atoms with Gasteiger partial charge in [-0.3, -0.25) is 9.78 Å². The van der Waals surface area contributed by atoms with Gasteiger partial charge >= 0.3 is 0 Å². The third-order valence-corrected chi connectivity index (χ3v) is 6.95. The third kappa shape index (κ3) is 2.90. The van der Waals surface area contributed by atoms with Gasteiger partial charge in [-0.1, -0.05) is 36.4 Å². The summed E-state index contributed by atoms with van der Waals surface area (Å²) < 4.78 is 0. The van der Waals surface area contributed by atoms with Crippen LogP contribution in [0, 0.1) is 11.3 Å². The quantitative estimate of drug-likeness (QED) is 0.391. The highest BCUT2D eigenvalue weighted by Gasteiger charge is 2.21. The van der Waals surface area contributed by atoms with Crippen molar-refractivity contribution in [1.82, 2.24) is 9.97 Å². The topological polar surface area (TPSA) is 89.8 Å². The number of thiophene rings is 2. The van der Waals surface area contributed by atoms with Crippen LogP contribution in [0.25, 0.3) is 42.2 Å². The lowest BCUT2D eigenvalue weighted by atomic mass is 10.0. The molecule has 0 atom stereocenters. The number of nitriles is 1. The Balaban J connectivity index is 1.79. The average Bonchev–Trinajstić information content (AvgIpc) is 3.40. The minimum atomic E-state index is -0.580. The van der Waals surface area contributed by atoms with E-state index in [0.717, 1.165) is 32.0 Å². The normalized spacial score (nSPS) is 10.9. The number of nitrogens with zero attached hydrogens (tertiary/aromatic N) is 2. The predicted octanol–water partition coefficient (Wildman–Crippen LogP) is 5.62. The summed E-state index contributed by atoms with van der Waals surface area (Å²) in [6.45, 7) is 0. The first-order valence-corrected chi connectivity index (χ1v) is 10.7. The average molecular weight is 428 g/mol. The number of nitrogens with one attached hydrogen (secondary N) is 1.